The van der Waals surface area contributed by atoms with E-state index in [4.69, 9.17) is 0 Å². The first-order chi connectivity index (χ1) is 17.5. The van der Waals surface area contributed by atoms with Crippen molar-refractivity contribution in [2.75, 3.05) is 0 Å². The van der Waals surface area contributed by atoms with Gasteiger partial charge in [0.05, 0.1) is 11.3 Å². The molecule has 5 rings (SSSR count). The first kappa shape index (κ1) is 23.1. The number of benzene rings is 3. The van der Waals surface area contributed by atoms with E-state index in [9.17, 15) is 14.7 Å². The highest BCUT2D eigenvalue weighted by atomic mass is 16.4. The number of nitrogens with zero attached hydrogens (tertiary/aromatic N) is 2. The monoisotopic (exact) mass is 474 g/mol. The molecule has 0 unspecified atom stereocenters. The van der Waals surface area contributed by atoms with E-state index in [1.54, 1.807) is 6.20 Å². The third-order valence-electron chi connectivity index (χ3n) is 6.31. The molecule has 0 aliphatic heterocycles. The van der Waals surface area contributed by atoms with Crippen molar-refractivity contribution in [2.24, 2.45) is 0 Å². The van der Waals surface area contributed by atoms with Crippen LogP contribution in [0.4, 0.5) is 0 Å². The van der Waals surface area contributed by atoms with Gasteiger partial charge in [-0.15, -0.1) is 0 Å². The minimum Gasteiger partial charge on any atom is -0.478 e. The Labute approximate surface area is 209 Å². The number of allylic oxidation sites excluding steroid dienone is 1. The summed E-state index contributed by atoms with van der Waals surface area (Å²) in [4.78, 5) is 24.6. The number of carboxylic acid groups (broad SMARTS) is 1. The molecule has 0 spiro atoms. The third-order valence-corrected chi connectivity index (χ3v) is 6.31. The fraction of sp³-hybridized carbons (Fsp3) is 0.0968. The molecule has 1 N–H and O–H groups in total. The Kier molecular flexibility index (Phi) is 6.37. The van der Waals surface area contributed by atoms with Gasteiger partial charge in [0.25, 0.3) is 0 Å². The van der Waals surface area contributed by atoms with Gasteiger partial charge in [-0.05, 0) is 42.3 Å². The Bertz CT molecular complexity index is 1590. The molecular weight excluding hydrogens is 448 g/mol. The Morgan fingerprint density at radius 2 is 1.69 bits per heavy atom. The van der Waals surface area contributed by atoms with E-state index in [1.165, 1.54) is 0 Å². The molecule has 2 heterocycles. The van der Waals surface area contributed by atoms with Crippen LogP contribution in [0.3, 0.4) is 0 Å². The van der Waals surface area contributed by atoms with E-state index in [0.717, 1.165) is 27.6 Å². The van der Waals surface area contributed by atoms with Gasteiger partial charge in [0.15, 0.2) is 0 Å². The van der Waals surface area contributed by atoms with E-state index in [0.29, 0.717) is 29.9 Å². The Balaban J connectivity index is 1.32. The van der Waals surface area contributed by atoms with Crippen LogP contribution in [-0.4, -0.2) is 26.0 Å². The molecule has 0 aliphatic carbocycles. The van der Waals surface area contributed by atoms with Crippen LogP contribution in [0.15, 0.2) is 103 Å². The number of rotatable bonds is 8. The minimum absolute atomic E-state index is 0.00933. The van der Waals surface area contributed by atoms with Crippen molar-refractivity contribution in [1.29, 1.82) is 0 Å². The summed E-state index contributed by atoms with van der Waals surface area (Å²) in [6, 6.07) is 27.1. The lowest BCUT2D eigenvalue weighted by Gasteiger charge is -2.08. The number of ketones is 1. The molecule has 0 aliphatic rings. The first-order valence-corrected chi connectivity index (χ1v) is 11.8. The molecule has 0 saturated carbocycles. The number of aromatic nitrogens is 2. The van der Waals surface area contributed by atoms with Crippen LogP contribution in [0, 0.1) is 6.92 Å². The van der Waals surface area contributed by atoms with Crippen molar-refractivity contribution in [2.45, 2.75) is 20.0 Å². The van der Waals surface area contributed by atoms with Crippen molar-refractivity contribution in [1.82, 2.24) is 9.13 Å². The number of para-hydroxylation sites is 1. The van der Waals surface area contributed by atoms with Crippen molar-refractivity contribution in [3.05, 3.63) is 137 Å². The molecule has 5 heteroatoms. The summed E-state index contributed by atoms with van der Waals surface area (Å²) in [5.41, 5.74) is 5.79. The molecule has 5 aromatic rings. The zero-order valence-electron chi connectivity index (χ0n) is 20.0. The molecule has 0 bridgehead atoms. The largest absolute Gasteiger partial charge is 0.478 e. The molecule has 0 fully saturated rings. The molecule has 178 valence electrons. The van der Waals surface area contributed by atoms with Gasteiger partial charge in [-0.3, -0.25) is 4.79 Å². The van der Waals surface area contributed by atoms with E-state index in [2.05, 4.69) is 6.07 Å². The van der Waals surface area contributed by atoms with Crippen LogP contribution in [-0.2, 0) is 13.1 Å². The second-order valence-corrected chi connectivity index (χ2v) is 8.88. The van der Waals surface area contributed by atoms with Gasteiger partial charge in [0, 0.05) is 41.9 Å². The van der Waals surface area contributed by atoms with Gasteiger partial charge in [-0.2, -0.15) is 0 Å². The van der Waals surface area contributed by atoms with E-state index >= 15 is 0 Å². The Morgan fingerprint density at radius 3 is 2.50 bits per heavy atom. The van der Waals surface area contributed by atoms with Crippen LogP contribution in [0.5, 0.6) is 0 Å². The minimum atomic E-state index is -0.924. The standard InChI is InChI=1S/C31H26N2O3/c1-22-13-15-25(16-14-22)30(34)29-12-6-18-32(29)17-5-9-23-7-4-8-24(19-23)20-33-21-27(31(35)36)26-10-2-3-11-28(26)33/h2-16,18-19,21H,17,20H2,1H3,(H,35,36)/b9-5+. The van der Waals surface area contributed by atoms with Crippen LogP contribution < -0.4 is 0 Å². The maximum Gasteiger partial charge on any atom is 0.337 e. The number of carbonyl (C=O) groups excluding carboxylic acids is 1. The molecule has 3 aromatic carbocycles. The maximum absolute atomic E-state index is 12.9. The first-order valence-electron chi connectivity index (χ1n) is 11.8. The van der Waals surface area contributed by atoms with Crippen LogP contribution >= 0.6 is 0 Å². The molecule has 0 atom stereocenters. The summed E-state index contributed by atoms with van der Waals surface area (Å²) >= 11 is 0. The second-order valence-electron chi connectivity index (χ2n) is 8.88. The van der Waals surface area contributed by atoms with E-state index < -0.39 is 5.97 Å². The molecule has 2 aromatic heterocycles. The number of carboxylic acids is 1. The Morgan fingerprint density at radius 1 is 0.889 bits per heavy atom. The topological polar surface area (TPSA) is 64.2 Å². The number of aromatic carboxylic acids is 1. The summed E-state index contributed by atoms with van der Waals surface area (Å²) < 4.78 is 3.92. The van der Waals surface area contributed by atoms with Gasteiger partial charge in [0.1, 0.15) is 0 Å². The summed E-state index contributed by atoms with van der Waals surface area (Å²) in [6.07, 6.45) is 7.70. The summed E-state index contributed by atoms with van der Waals surface area (Å²) in [7, 11) is 0. The van der Waals surface area contributed by atoms with Crippen molar-refractivity contribution in [3.8, 4) is 0 Å². The quantitative estimate of drug-likeness (QED) is 0.263. The summed E-state index contributed by atoms with van der Waals surface area (Å²) in [6.45, 7) is 3.15. The average Bonchev–Trinajstić information content (AvgIpc) is 3.50. The van der Waals surface area contributed by atoms with Crippen LogP contribution in [0.25, 0.3) is 17.0 Å². The smallest absolute Gasteiger partial charge is 0.337 e. The lowest BCUT2D eigenvalue weighted by Crippen LogP contribution is -2.09. The molecule has 36 heavy (non-hydrogen) atoms. The van der Waals surface area contributed by atoms with Crippen molar-refractivity contribution < 1.29 is 14.7 Å². The number of fused-ring (bicyclic) bond motifs is 1. The molecule has 0 saturated heterocycles. The van der Waals surface area contributed by atoms with Gasteiger partial charge in [0.2, 0.25) is 5.78 Å². The molecule has 5 nitrogen and oxygen atoms in total. The van der Waals surface area contributed by atoms with E-state index in [-0.39, 0.29) is 5.78 Å². The van der Waals surface area contributed by atoms with Crippen LogP contribution in [0.1, 0.15) is 43.1 Å². The fourth-order valence-corrected chi connectivity index (χ4v) is 4.47. The summed E-state index contributed by atoms with van der Waals surface area (Å²) in [5.74, 6) is -0.915. The van der Waals surface area contributed by atoms with Gasteiger partial charge >= 0.3 is 5.97 Å². The Hall–Kier alpha value is -4.64. The lowest BCUT2D eigenvalue weighted by atomic mass is 10.1. The summed E-state index contributed by atoms with van der Waals surface area (Å²) in [5, 5.41) is 10.3. The van der Waals surface area contributed by atoms with Gasteiger partial charge in [-0.1, -0.05) is 78.4 Å². The maximum atomic E-state index is 12.9. The van der Waals surface area contributed by atoms with Crippen molar-refractivity contribution in [3.63, 3.8) is 0 Å². The molecule has 0 radical (unpaired) electrons. The number of hydrogen-bond acceptors (Lipinski definition) is 2. The highest BCUT2D eigenvalue weighted by Gasteiger charge is 2.14. The predicted molar refractivity (Wildman–Crippen MR) is 143 cm³/mol. The predicted octanol–water partition coefficient (Wildman–Crippen LogP) is 6.44. The van der Waals surface area contributed by atoms with Crippen LogP contribution in [0.2, 0.25) is 0 Å². The SMILES string of the molecule is Cc1ccc(C(=O)c2cccn2C/C=C/c2cccc(Cn3cc(C(=O)O)c4ccccc43)c2)cc1. The van der Waals surface area contributed by atoms with Gasteiger partial charge in [-0.25, -0.2) is 4.79 Å². The number of aryl methyl sites for hydroxylation is 1. The lowest BCUT2D eigenvalue weighted by molar-refractivity contribution is 0.0698. The highest BCUT2D eigenvalue weighted by molar-refractivity contribution is 6.08. The zero-order chi connectivity index (χ0) is 25.1. The van der Waals surface area contributed by atoms with E-state index in [1.807, 2.05) is 113 Å². The zero-order valence-corrected chi connectivity index (χ0v) is 20.0. The average molecular weight is 475 g/mol. The third kappa shape index (κ3) is 4.77. The number of carbonyl (C=O) groups is 2. The fourth-order valence-electron chi connectivity index (χ4n) is 4.47. The second kappa shape index (κ2) is 9.92. The van der Waals surface area contributed by atoms with Gasteiger partial charge < -0.3 is 14.2 Å². The molecule has 0 amide bonds. The number of hydrogen-bond donors (Lipinski definition) is 1. The van der Waals surface area contributed by atoms with Crippen molar-refractivity contribution >= 4 is 28.7 Å². The normalized spacial score (nSPS) is 11.4. The molecular formula is C31H26N2O3. The highest BCUT2D eigenvalue weighted by Crippen LogP contribution is 2.23.